The van der Waals surface area contributed by atoms with Crippen LogP contribution in [0.3, 0.4) is 0 Å². The van der Waals surface area contributed by atoms with Gasteiger partial charge in [0.15, 0.2) is 6.10 Å². The van der Waals surface area contributed by atoms with E-state index in [-0.39, 0.29) is 25.2 Å². The summed E-state index contributed by atoms with van der Waals surface area (Å²) in [6, 6.07) is 0. The molecule has 1 unspecified atom stereocenters. The van der Waals surface area contributed by atoms with Crippen molar-refractivity contribution in [2.45, 2.75) is 302 Å². The molecule has 0 saturated carbocycles. The van der Waals surface area contributed by atoms with Crippen molar-refractivity contribution in [1.82, 2.24) is 0 Å². The second-order valence-electron chi connectivity index (χ2n) is 20.7. The van der Waals surface area contributed by atoms with Gasteiger partial charge in [-0.2, -0.15) is 0 Å². The van der Waals surface area contributed by atoms with E-state index in [0.717, 1.165) is 96.3 Å². The molecule has 0 aliphatic carbocycles. The molecule has 0 radical (unpaired) electrons. The number of hydrogen-bond acceptors (Lipinski definition) is 5. The number of unbranched alkanes of at least 4 members (excludes halogenated alkanes) is 31. The van der Waals surface area contributed by atoms with Gasteiger partial charge in [0.2, 0.25) is 0 Å². The van der Waals surface area contributed by atoms with Crippen molar-refractivity contribution in [1.29, 1.82) is 0 Å². The smallest absolute Gasteiger partial charge is 0.306 e. The topological polar surface area (TPSA) is 72.8 Å². The van der Waals surface area contributed by atoms with Crippen LogP contribution in [0.15, 0.2) is 109 Å². The summed E-state index contributed by atoms with van der Waals surface area (Å²) in [5.41, 5.74) is 0. The fraction of sp³-hybridized carbons (Fsp3) is 0.710. The molecule has 0 saturated heterocycles. The average molecular weight is 1030 g/mol. The predicted octanol–water partition coefficient (Wildman–Crippen LogP) is 21.6. The third kappa shape index (κ3) is 61.1. The quantitative estimate of drug-likeness (QED) is 0.0373. The van der Waals surface area contributed by atoms with E-state index < -0.39 is 6.10 Å². The molecule has 0 amide bonds. The van der Waals surface area contributed by atoms with Crippen molar-refractivity contribution in [2.24, 2.45) is 0 Å². The third-order valence-electron chi connectivity index (χ3n) is 13.6. The van der Waals surface area contributed by atoms with Crippen LogP contribution in [0.1, 0.15) is 296 Å². The lowest BCUT2D eigenvalue weighted by atomic mass is 10.0. The van der Waals surface area contributed by atoms with Crippen molar-refractivity contribution in [3.63, 3.8) is 0 Å². The lowest BCUT2D eigenvalue weighted by Gasteiger charge is -2.15. The number of carbonyl (C=O) groups excluding carboxylic acids is 2. The van der Waals surface area contributed by atoms with Crippen LogP contribution >= 0.6 is 0 Å². The normalized spacial score (nSPS) is 13.0. The van der Waals surface area contributed by atoms with Crippen molar-refractivity contribution in [2.75, 3.05) is 13.2 Å². The summed E-state index contributed by atoms with van der Waals surface area (Å²) in [7, 11) is 0. The van der Waals surface area contributed by atoms with Gasteiger partial charge in [-0.1, -0.05) is 297 Å². The molecule has 5 heteroatoms. The third-order valence-corrected chi connectivity index (χ3v) is 13.6. The number of esters is 2. The zero-order valence-corrected chi connectivity index (χ0v) is 48.6. The second kappa shape index (κ2) is 63.8. The summed E-state index contributed by atoms with van der Waals surface area (Å²) >= 11 is 0. The minimum Gasteiger partial charge on any atom is -0.462 e. The molecule has 0 aromatic heterocycles. The van der Waals surface area contributed by atoms with Crippen molar-refractivity contribution >= 4 is 11.9 Å². The van der Waals surface area contributed by atoms with Crippen LogP contribution in [0.5, 0.6) is 0 Å². The fourth-order valence-electron chi connectivity index (χ4n) is 8.93. The van der Waals surface area contributed by atoms with Gasteiger partial charge < -0.3 is 14.6 Å². The summed E-state index contributed by atoms with van der Waals surface area (Å²) in [6.07, 6.45) is 92.3. The molecule has 5 nitrogen and oxygen atoms in total. The monoisotopic (exact) mass is 1030 g/mol. The van der Waals surface area contributed by atoms with Gasteiger partial charge in [-0.05, 0) is 96.3 Å². The molecule has 1 atom stereocenters. The highest BCUT2D eigenvalue weighted by molar-refractivity contribution is 5.70. The number of allylic oxidation sites excluding steroid dienone is 18. The molecule has 0 bridgehead atoms. The summed E-state index contributed by atoms with van der Waals surface area (Å²) in [5, 5.41) is 9.68. The standard InChI is InChI=1S/C69H118O5/c1-3-5-7-9-11-13-15-17-19-21-23-25-27-29-31-32-33-34-35-36-38-39-41-43-45-47-49-51-53-55-57-59-61-63-68(71)73-66-67(65-70)74-69(72)64-62-60-58-56-54-52-50-48-46-44-42-40-37-30-28-26-24-22-20-18-16-14-12-10-8-6-4-2/h5-8,11-14,17-20,23-26,30,37,67,70H,3-4,9-10,15-16,21-22,27-29,31-36,38-66H2,1-2H3/b7-5-,8-6-,13-11-,14-12-,19-17-,20-18-,25-23-,26-24-,37-30-. The zero-order chi connectivity index (χ0) is 53.4. The van der Waals surface area contributed by atoms with Gasteiger partial charge in [0, 0.05) is 12.8 Å². The molecule has 424 valence electrons. The van der Waals surface area contributed by atoms with E-state index >= 15 is 0 Å². The molecule has 1 N–H and O–H groups in total. The maximum atomic E-state index is 12.3. The van der Waals surface area contributed by atoms with E-state index in [1.165, 1.54) is 173 Å². The SMILES string of the molecule is CC/C=C\C/C=C\C/C=C\C/C=C\C/C=C\CCCCCCCCCCCCCC(=O)OC(CO)COC(=O)CCCCCCCCCCCCCCCCCCCCCC/C=C\C/C=C\C/C=C\C/C=C\CC. The minimum absolute atomic E-state index is 0.0688. The first kappa shape index (κ1) is 70.6. The highest BCUT2D eigenvalue weighted by Gasteiger charge is 2.16. The van der Waals surface area contributed by atoms with Crippen LogP contribution in [0.4, 0.5) is 0 Å². The highest BCUT2D eigenvalue weighted by atomic mass is 16.6. The molecule has 0 heterocycles. The van der Waals surface area contributed by atoms with Crippen LogP contribution in [0, 0.1) is 0 Å². The molecule has 74 heavy (non-hydrogen) atoms. The summed E-state index contributed by atoms with van der Waals surface area (Å²) in [4.78, 5) is 24.6. The Labute approximate surface area is 459 Å². The van der Waals surface area contributed by atoms with Gasteiger partial charge in [0.05, 0.1) is 6.61 Å². The molecular formula is C69H118O5. The highest BCUT2D eigenvalue weighted by Crippen LogP contribution is 2.17. The lowest BCUT2D eigenvalue weighted by molar-refractivity contribution is -0.161. The Hall–Kier alpha value is -3.44. The van der Waals surface area contributed by atoms with Crippen molar-refractivity contribution in [3.05, 3.63) is 109 Å². The van der Waals surface area contributed by atoms with Crippen LogP contribution in [0.2, 0.25) is 0 Å². The summed E-state index contributed by atoms with van der Waals surface area (Å²) in [5.74, 6) is -0.587. The second-order valence-corrected chi connectivity index (χ2v) is 20.7. The van der Waals surface area contributed by atoms with Gasteiger partial charge in [0.1, 0.15) is 6.61 Å². The van der Waals surface area contributed by atoms with E-state index in [9.17, 15) is 14.7 Å². The number of hydrogen-bond donors (Lipinski definition) is 1. The maximum absolute atomic E-state index is 12.3. The number of carbonyl (C=O) groups is 2. The zero-order valence-electron chi connectivity index (χ0n) is 48.6. The fourth-order valence-corrected chi connectivity index (χ4v) is 8.93. The first-order valence-electron chi connectivity index (χ1n) is 31.4. The van der Waals surface area contributed by atoms with Gasteiger partial charge in [-0.3, -0.25) is 9.59 Å². The van der Waals surface area contributed by atoms with Gasteiger partial charge in [-0.25, -0.2) is 0 Å². The predicted molar refractivity (Wildman–Crippen MR) is 325 cm³/mol. The molecule has 0 aliphatic rings. The molecule has 0 rings (SSSR count). The van der Waals surface area contributed by atoms with Crippen LogP contribution < -0.4 is 0 Å². The van der Waals surface area contributed by atoms with Gasteiger partial charge >= 0.3 is 11.9 Å². The first-order chi connectivity index (χ1) is 36.6. The lowest BCUT2D eigenvalue weighted by Crippen LogP contribution is -2.28. The largest absolute Gasteiger partial charge is 0.462 e. The Kier molecular flexibility index (Phi) is 60.9. The number of aliphatic hydroxyl groups is 1. The van der Waals surface area contributed by atoms with Crippen LogP contribution in [-0.4, -0.2) is 36.4 Å². The van der Waals surface area contributed by atoms with E-state index in [0.29, 0.717) is 12.8 Å². The Balaban J connectivity index is 3.46. The molecular weight excluding hydrogens is 909 g/mol. The maximum Gasteiger partial charge on any atom is 0.306 e. The number of ether oxygens (including phenoxy) is 2. The van der Waals surface area contributed by atoms with E-state index in [1.54, 1.807) is 0 Å². The van der Waals surface area contributed by atoms with Crippen molar-refractivity contribution in [3.8, 4) is 0 Å². The van der Waals surface area contributed by atoms with E-state index in [2.05, 4.69) is 123 Å². The Morgan fingerprint density at radius 2 is 0.541 bits per heavy atom. The molecule has 0 aromatic carbocycles. The summed E-state index contributed by atoms with van der Waals surface area (Å²) < 4.78 is 10.7. The number of rotatable bonds is 57. The van der Waals surface area contributed by atoms with Crippen molar-refractivity contribution < 1.29 is 24.2 Å². The van der Waals surface area contributed by atoms with E-state index in [1.807, 2.05) is 0 Å². The Bertz CT molecular complexity index is 1440. The Morgan fingerprint density at radius 1 is 0.311 bits per heavy atom. The first-order valence-corrected chi connectivity index (χ1v) is 31.4. The summed E-state index contributed by atoms with van der Waals surface area (Å²) in [6.45, 7) is 3.94. The average Bonchev–Trinajstić information content (AvgIpc) is 3.40. The van der Waals surface area contributed by atoms with Crippen LogP contribution in [0.25, 0.3) is 0 Å². The van der Waals surface area contributed by atoms with E-state index in [4.69, 9.17) is 9.47 Å². The number of aliphatic hydroxyl groups excluding tert-OH is 1. The Morgan fingerprint density at radius 3 is 0.811 bits per heavy atom. The molecule has 0 fully saturated rings. The molecule has 0 aliphatic heterocycles. The van der Waals surface area contributed by atoms with Gasteiger partial charge in [0.25, 0.3) is 0 Å². The van der Waals surface area contributed by atoms with Gasteiger partial charge in [-0.15, -0.1) is 0 Å². The van der Waals surface area contributed by atoms with Crippen LogP contribution in [-0.2, 0) is 19.1 Å². The molecule has 0 aromatic rings. The minimum atomic E-state index is -0.779. The molecule has 0 spiro atoms.